The van der Waals surface area contributed by atoms with Crippen LogP contribution in [0, 0.1) is 0 Å². The molecule has 0 saturated carbocycles. The van der Waals surface area contributed by atoms with Crippen LogP contribution in [-0.4, -0.2) is 57.3 Å². The number of aliphatic hydroxyl groups is 1. The van der Waals surface area contributed by atoms with Gasteiger partial charge in [0, 0.05) is 25.7 Å². The highest BCUT2D eigenvalue weighted by atomic mass is 16.3. The maximum Gasteiger partial charge on any atom is 0.251 e. The Kier molecular flexibility index (Phi) is 3.92. The summed E-state index contributed by atoms with van der Waals surface area (Å²) < 4.78 is 1.81. The van der Waals surface area contributed by atoms with Gasteiger partial charge in [-0.25, -0.2) is 4.68 Å². The molecule has 1 unspecified atom stereocenters. The lowest BCUT2D eigenvalue weighted by Gasteiger charge is -2.30. The zero-order chi connectivity index (χ0) is 14.8. The van der Waals surface area contributed by atoms with Gasteiger partial charge in [-0.05, 0) is 25.7 Å². The number of carbonyl (C=O) groups excluding carboxylic acids is 2. The third kappa shape index (κ3) is 2.78. The summed E-state index contributed by atoms with van der Waals surface area (Å²) in [5.41, 5.74) is 0. The molecule has 1 aromatic heterocycles. The normalized spacial score (nSPS) is 22.9. The average molecular weight is 292 g/mol. The predicted molar refractivity (Wildman–Crippen MR) is 75.6 cm³/mol. The van der Waals surface area contributed by atoms with Crippen LogP contribution >= 0.6 is 0 Å². The van der Waals surface area contributed by atoms with Crippen molar-refractivity contribution in [3.8, 4) is 0 Å². The first-order valence-corrected chi connectivity index (χ1v) is 7.46. The third-order valence-corrected chi connectivity index (χ3v) is 4.10. The van der Waals surface area contributed by atoms with Crippen molar-refractivity contribution in [3.63, 3.8) is 0 Å². The molecule has 2 aliphatic rings. The van der Waals surface area contributed by atoms with Gasteiger partial charge in [-0.3, -0.25) is 14.5 Å². The zero-order valence-electron chi connectivity index (χ0n) is 11.9. The largest absolute Gasteiger partial charge is 0.383 e. The molecular formula is C14H20N4O3. The number of carbonyl (C=O) groups is 2. The third-order valence-electron chi connectivity index (χ3n) is 4.10. The second-order valence-corrected chi connectivity index (χ2v) is 5.58. The number of fused-ring (bicyclic) bond motifs is 1. The molecule has 0 bridgehead atoms. The van der Waals surface area contributed by atoms with E-state index in [9.17, 15) is 14.7 Å². The molecule has 3 rings (SSSR count). The number of anilines is 1. The molecule has 1 N–H and O–H groups in total. The van der Waals surface area contributed by atoms with Gasteiger partial charge in [-0.1, -0.05) is 0 Å². The van der Waals surface area contributed by atoms with Crippen molar-refractivity contribution in [2.24, 2.45) is 0 Å². The van der Waals surface area contributed by atoms with Gasteiger partial charge in [0.2, 0.25) is 5.91 Å². The van der Waals surface area contributed by atoms with Gasteiger partial charge < -0.3 is 10.0 Å². The Bertz CT molecular complexity index is 542. The van der Waals surface area contributed by atoms with Crippen molar-refractivity contribution in [1.29, 1.82) is 0 Å². The number of aliphatic hydroxyl groups excluding tert-OH is 1. The van der Waals surface area contributed by atoms with Crippen molar-refractivity contribution in [1.82, 2.24) is 14.7 Å². The molecule has 1 aromatic rings. The second-order valence-electron chi connectivity index (χ2n) is 5.58. The van der Waals surface area contributed by atoms with E-state index in [1.165, 1.54) is 4.90 Å². The summed E-state index contributed by atoms with van der Waals surface area (Å²) in [6.07, 6.45) is 3.70. The zero-order valence-corrected chi connectivity index (χ0v) is 11.9. The molecule has 0 aliphatic carbocycles. The van der Waals surface area contributed by atoms with E-state index in [4.69, 9.17) is 0 Å². The smallest absolute Gasteiger partial charge is 0.251 e. The van der Waals surface area contributed by atoms with Crippen molar-refractivity contribution in [3.05, 3.63) is 12.3 Å². The Balaban J connectivity index is 1.71. The van der Waals surface area contributed by atoms with Crippen LogP contribution < -0.4 is 4.90 Å². The van der Waals surface area contributed by atoms with Crippen LogP contribution in [0.2, 0.25) is 0 Å². The van der Waals surface area contributed by atoms with Crippen LogP contribution in [0.4, 0.5) is 5.82 Å². The summed E-state index contributed by atoms with van der Waals surface area (Å²) >= 11 is 0. The van der Waals surface area contributed by atoms with Crippen LogP contribution in [0.15, 0.2) is 12.3 Å². The van der Waals surface area contributed by atoms with Gasteiger partial charge in [-0.2, -0.15) is 5.10 Å². The summed E-state index contributed by atoms with van der Waals surface area (Å²) in [5.74, 6) is 0.347. The fourth-order valence-electron chi connectivity index (χ4n) is 2.96. The van der Waals surface area contributed by atoms with Crippen LogP contribution in [0.3, 0.4) is 0 Å². The van der Waals surface area contributed by atoms with Gasteiger partial charge in [0.05, 0.1) is 6.20 Å². The molecule has 0 aromatic carbocycles. The first kappa shape index (κ1) is 14.1. The van der Waals surface area contributed by atoms with E-state index in [2.05, 4.69) is 5.10 Å². The molecule has 7 nitrogen and oxygen atoms in total. The van der Waals surface area contributed by atoms with Crippen molar-refractivity contribution in [2.45, 2.75) is 38.3 Å². The van der Waals surface area contributed by atoms with Crippen molar-refractivity contribution < 1.29 is 14.7 Å². The first-order valence-electron chi connectivity index (χ1n) is 7.46. The van der Waals surface area contributed by atoms with Crippen LogP contribution in [-0.2, 0) is 16.1 Å². The van der Waals surface area contributed by atoms with Crippen molar-refractivity contribution >= 4 is 17.6 Å². The summed E-state index contributed by atoms with van der Waals surface area (Å²) in [6.45, 7) is 2.03. The van der Waals surface area contributed by atoms with E-state index >= 15 is 0 Å². The number of hydrogen-bond acceptors (Lipinski definition) is 4. The number of likely N-dealkylation sites (tertiary alicyclic amines) is 1. The van der Waals surface area contributed by atoms with Crippen molar-refractivity contribution in [2.75, 3.05) is 24.5 Å². The fourth-order valence-corrected chi connectivity index (χ4v) is 2.96. The lowest BCUT2D eigenvalue weighted by molar-refractivity contribution is -0.142. The highest BCUT2D eigenvalue weighted by Gasteiger charge is 2.29. The molecule has 2 aliphatic heterocycles. The number of aromatic nitrogens is 2. The Morgan fingerprint density at radius 2 is 2.14 bits per heavy atom. The second kappa shape index (κ2) is 5.85. The Morgan fingerprint density at radius 3 is 3.00 bits per heavy atom. The van der Waals surface area contributed by atoms with Gasteiger partial charge in [0.15, 0.2) is 0 Å². The predicted octanol–water partition coefficient (Wildman–Crippen LogP) is -0.00680. The minimum atomic E-state index is -0.966. The average Bonchev–Trinajstić information content (AvgIpc) is 2.91. The van der Waals surface area contributed by atoms with Crippen LogP contribution in [0.25, 0.3) is 0 Å². The lowest BCUT2D eigenvalue weighted by atomic mass is 10.2. The monoisotopic (exact) mass is 292 g/mol. The number of amides is 2. The SMILES string of the molecule is O=C1C(O)CCCCN1CC(=O)N1CCCn2nccc21. The minimum absolute atomic E-state index is 0.0288. The van der Waals surface area contributed by atoms with Gasteiger partial charge >= 0.3 is 0 Å². The van der Waals surface area contributed by atoms with E-state index in [-0.39, 0.29) is 18.4 Å². The van der Waals surface area contributed by atoms with Gasteiger partial charge in [-0.15, -0.1) is 0 Å². The molecular weight excluding hydrogens is 272 g/mol. The van der Waals surface area contributed by atoms with Crippen LogP contribution in [0.5, 0.6) is 0 Å². The number of nitrogens with zero attached hydrogens (tertiary/aromatic N) is 4. The maximum atomic E-state index is 12.5. The Labute approximate surface area is 123 Å². The van der Waals surface area contributed by atoms with Gasteiger partial charge in [0.1, 0.15) is 18.5 Å². The standard InChI is InChI=1S/C14H20N4O3/c19-11-4-1-2-7-16(14(11)21)10-13(20)17-8-3-9-18-12(17)5-6-15-18/h5-6,11,19H,1-4,7-10H2. The molecule has 0 spiro atoms. The quantitative estimate of drug-likeness (QED) is 0.832. The first-order chi connectivity index (χ1) is 10.2. The molecule has 114 valence electrons. The summed E-state index contributed by atoms with van der Waals surface area (Å²) in [5, 5.41) is 13.9. The maximum absolute atomic E-state index is 12.5. The van der Waals surface area contributed by atoms with E-state index in [0.717, 1.165) is 31.6 Å². The van der Waals surface area contributed by atoms with Gasteiger partial charge in [0.25, 0.3) is 5.91 Å². The number of aryl methyl sites for hydroxylation is 1. The van der Waals surface area contributed by atoms with E-state index in [1.54, 1.807) is 15.8 Å². The van der Waals surface area contributed by atoms with E-state index in [0.29, 0.717) is 19.5 Å². The molecule has 3 heterocycles. The van der Waals surface area contributed by atoms with Crippen LogP contribution in [0.1, 0.15) is 25.7 Å². The lowest BCUT2D eigenvalue weighted by Crippen LogP contribution is -2.47. The van der Waals surface area contributed by atoms with E-state index < -0.39 is 6.10 Å². The summed E-state index contributed by atoms with van der Waals surface area (Å²) in [6, 6.07) is 1.82. The highest BCUT2D eigenvalue weighted by Crippen LogP contribution is 2.20. The Morgan fingerprint density at radius 1 is 1.29 bits per heavy atom. The Hall–Kier alpha value is -1.89. The summed E-state index contributed by atoms with van der Waals surface area (Å²) in [7, 11) is 0. The molecule has 0 radical (unpaired) electrons. The van der Waals surface area contributed by atoms with E-state index in [1.807, 2.05) is 6.07 Å². The molecule has 2 amide bonds. The molecule has 7 heteroatoms. The molecule has 1 fully saturated rings. The number of hydrogen-bond donors (Lipinski definition) is 1. The minimum Gasteiger partial charge on any atom is -0.383 e. The highest BCUT2D eigenvalue weighted by molar-refractivity contribution is 5.96. The molecule has 21 heavy (non-hydrogen) atoms. The topological polar surface area (TPSA) is 78.7 Å². The molecule has 1 saturated heterocycles. The fraction of sp³-hybridized carbons (Fsp3) is 0.643. The molecule has 1 atom stereocenters. The summed E-state index contributed by atoms with van der Waals surface area (Å²) in [4.78, 5) is 27.7. The number of rotatable bonds is 2.